The fourth-order valence-corrected chi connectivity index (χ4v) is 2.46. The molecule has 0 aliphatic rings. The van der Waals surface area contributed by atoms with Gasteiger partial charge in [0.1, 0.15) is 11.3 Å². The molecule has 1 heterocycles. The molecule has 2 N–H and O–H groups in total. The number of hydrogen-bond acceptors (Lipinski definition) is 3. The molecule has 0 spiro atoms. The third kappa shape index (κ3) is 2.82. The minimum absolute atomic E-state index is 0.122. The van der Waals surface area contributed by atoms with Crippen LogP contribution in [0, 0.1) is 0 Å². The number of fused-ring (bicyclic) bond motifs is 1. The highest BCUT2D eigenvalue weighted by Crippen LogP contribution is 2.27. The van der Waals surface area contributed by atoms with Gasteiger partial charge in [0, 0.05) is 11.1 Å². The number of para-hydroxylation sites is 2. The lowest BCUT2D eigenvalue weighted by Crippen LogP contribution is -2.11. The number of nitrogens with zero attached hydrogens (tertiary/aromatic N) is 1. The second-order valence-corrected chi connectivity index (χ2v) is 5.06. The van der Waals surface area contributed by atoms with Crippen LogP contribution in [-0.4, -0.2) is 10.1 Å². The molecule has 106 valence electrons. The number of pyridine rings is 1. The van der Waals surface area contributed by atoms with Crippen molar-refractivity contribution in [2.45, 2.75) is 19.4 Å². The topological polar surface area (TPSA) is 45.1 Å². The lowest BCUT2D eigenvalue weighted by Gasteiger charge is -2.18. The van der Waals surface area contributed by atoms with Crippen molar-refractivity contribution in [1.29, 1.82) is 0 Å². The van der Waals surface area contributed by atoms with Gasteiger partial charge in [-0.2, -0.15) is 0 Å². The van der Waals surface area contributed by atoms with Crippen LogP contribution in [0.2, 0.25) is 0 Å². The van der Waals surface area contributed by atoms with E-state index in [1.54, 1.807) is 6.07 Å². The number of benzene rings is 2. The van der Waals surface area contributed by atoms with Gasteiger partial charge in [-0.15, -0.1) is 0 Å². The maximum absolute atomic E-state index is 9.96. The number of nitrogens with one attached hydrogen (secondary N) is 1. The molecule has 0 fully saturated rings. The normalized spacial score (nSPS) is 12.2. The summed E-state index contributed by atoms with van der Waals surface area (Å²) in [6.45, 7) is 2.12. The monoisotopic (exact) mass is 278 g/mol. The predicted molar refractivity (Wildman–Crippen MR) is 86.5 cm³/mol. The molecule has 0 bridgehead atoms. The average Bonchev–Trinajstić information content (AvgIpc) is 2.54. The summed E-state index contributed by atoms with van der Waals surface area (Å²) in [5, 5.41) is 14.4. The highest BCUT2D eigenvalue weighted by Gasteiger charge is 2.12. The third-order valence-corrected chi connectivity index (χ3v) is 3.60. The van der Waals surface area contributed by atoms with Crippen molar-refractivity contribution in [2.75, 3.05) is 5.32 Å². The van der Waals surface area contributed by atoms with Crippen LogP contribution >= 0.6 is 0 Å². The largest absolute Gasteiger partial charge is 0.506 e. The first kappa shape index (κ1) is 13.4. The molecule has 21 heavy (non-hydrogen) atoms. The Bertz CT molecular complexity index is 741. The van der Waals surface area contributed by atoms with Crippen molar-refractivity contribution in [3.63, 3.8) is 0 Å². The van der Waals surface area contributed by atoms with E-state index in [1.807, 2.05) is 54.6 Å². The minimum atomic E-state index is 0.122. The van der Waals surface area contributed by atoms with Crippen molar-refractivity contribution in [3.8, 4) is 5.75 Å². The van der Waals surface area contributed by atoms with Crippen molar-refractivity contribution in [2.24, 2.45) is 0 Å². The third-order valence-electron chi connectivity index (χ3n) is 3.60. The van der Waals surface area contributed by atoms with E-state index >= 15 is 0 Å². The van der Waals surface area contributed by atoms with Crippen LogP contribution < -0.4 is 5.32 Å². The number of hydrogen-bond donors (Lipinski definition) is 2. The molecule has 0 radical (unpaired) electrons. The van der Waals surface area contributed by atoms with Crippen LogP contribution in [0.3, 0.4) is 0 Å². The summed E-state index contributed by atoms with van der Waals surface area (Å²) in [5.41, 5.74) is 2.67. The van der Waals surface area contributed by atoms with E-state index in [-0.39, 0.29) is 11.8 Å². The molecule has 3 heteroatoms. The summed E-state index contributed by atoms with van der Waals surface area (Å²) < 4.78 is 0. The zero-order valence-electron chi connectivity index (χ0n) is 12.0. The highest BCUT2D eigenvalue weighted by molar-refractivity contribution is 5.84. The van der Waals surface area contributed by atoms with Crippen LogP contribution in [-0.2, 0) is 0 Å². The first-order valence-electron chi connectivity index (χ1n) is 7.18. The number of rotatable bonds is 4. The zero-order chi connectivity index (χ0) is 14.7. The Hall–Kier alpha value is -2.55. The van der Waals surface area contributed by atoms with Crippen molar-refractivity contribution < 1.29 is 5.11 Å². The van der Waals surface area contributed by atoms with Crippen molar-refractivity contribution in [1.82, 2.24) is 4.98 Å². The molecule has 0 saturated carbocycles. The lowest BCUT2D eigenvalue weighted by atomic mass is 10.1. The molecule has 3 nitrogen and oxygen atoms in total. The maximum Gasteiger partial charge on any atom is 0.141 e. The Balaban J connectivity index is 1.95. The zero-order valence-corrected chi connectivity index (χ0v) is 12.0. The van der Waals surface area contributed by atoms with Gasteiger partial charge < -0.3 is 10.4 Å². The molecular formula is C18H18N2O. The Kier molecular flexibility index (Phi) is 3.73. The van der Waals surface area contributed by atoms with Gasteiger partial charge in [-0.05, 0) is 30.7 Å². The van der Waals surface area contributed by atoms with Crippen LogP contribution in [0.1, 0.15) is 25.1 Å². The molecule has 3 rings (SSSR count). The Labute approximate surface area is 124 Å². The summed E-state index contributed by atoms with van der Waals surface area (Å²) in [6, 6.07) is 19.7. The number of anilines is 1. The van der Waals surface area contributed by atoms with Gasteiger partial charge in [-0.1, -0.05) is 43.3 Å². The van der Waals surface area contributed by atoms with E-state index in [1.165, 1.54) is 0 Å². The van der Waals surface area contributed by atoms with Gasteiger partial charge in [0.15, 0.2) is 0 Å². The highest BCUT2D eigenvalue weighted by atomic mass is 16.3. The first-order chi connectivity index (χ1) is 10.3. The van der Waals surface area contributed by atoms with Crippen LogP contribution in [0.25, 0.3) is 10.9 Å². The maximum atomic E-state index is 9.96. The molecule has 0 amide bonds. The Morgan fingerprint density at radius 2 is 1.81 bits per heavy atom. The number of aromatic hydroxyl groups is 1. The van der Waals surface area contributed by atoms with Gasteiger partial charge in [0.2, 0.25) is 0 Å². The van der Waals surface area contributed by atoms with Crippen LogP contribution in [0.5, 0.6) is 5.75 Å². The summed E-state index contributed by atoms with van der Waals surface area (Å²) in [4.78, 5) is 4.63. The lowest BCUT2D eigenvalue weighted by molar-refractivity contribution is 0.480. The molecule has 1 aromatic heterocycles. The second-order valence-electron chi connectivity index (χ2n) is 5.06. The molecule has 0 aliphatic heterocycles. The summed E-state index contributed by atoms with van der Waals surface area (Å²) in [6.07, 6.45) is 0.918. The Morgan fingerprint density at radius 1 is 1.00 bits per heavy atom. The van der Waals surface area contributed by atoms with Gasteiger partial charge in [-0.25, -0.2) is 4.98 Å². The molecule has 0 saturated heterocycles. The summed E-state index contributed by atoms with van der Waals surface area (Å²) in [7, 11) is 0. The van der Waals surface area contributed by atoms with Gasteiger partial charge in [0.25, 0.3) is 0 Å². The SMILES string of the molecule is CCC(Nc1ccccc1)c1ccc2cccc(O)c2n1. The predicted octanol–water partition coefficient (Wildman–Crippen LogP) is 4.50. The van der Waals surface area contributed by atoms with Crippen molar-refractivity contribution in [3.05, 3.63) is 66.4 Å². The van der Waals surface area contributed by atoms with E-state index < -0.39 is 0 Å². The van der Waals surface area contributed by atoms with E-state index in [2.05, 4.69) is 17.2 Å². The molecular weight excluding hydrogens is 260 g/mol. The van der Waals surface area contributed by atoms with E-state index in [0.29, 0.717) is 5.52 Å². The Morgan fingerprint density at radius 3 is 2.57 bits per heavy atom. The quantitative estimate of drug-likeness (QED) is 0.738. The van der Waals surface area contributed by atoms with Crippen molar-refractivity contribution >= 4 is 16.6 Å². The minimum Gasteiger partial charge on any atom is -0.506 e. The van der Waals surface area contributed by atoms with Gasteiger partial charge in [0.05, 0.1) is 11.7 Å². The first-order valence-corrected chi connectivity index (χ1v) is 7.18. The molecule has 1 unspecified atom stereocenters. The molecule has 2 aromatic carbocycles. The van der Waals surface area contributed by atoms with Crippen LogP contribution in [0.15, 0.2) is 60.7 Å². The fourth-order valence-electron chi connectivity index (χ4n) is 2.46. The van der Waals surface area contributed by atoms with Crippen LogP contribution in [0.4, 0.5) is 5.69 Å². The van der Waals surface area contributed by atoms with E-state index in [4.69, 9.17) is 0 Å². The second kappa shape index (κ2) is 5.83. The smallest absolute Gasteiger partial charge is 0.141 e. The van der Waals surface area contributed by atoms with E-state index in [0.717, 1.165) is 23.2 Å². The van der Waals surface area contributed by atoms with E-state index in [9.17, 15) is 5.11 Å². The number of phenols is 1. The molecule has 0 aliphatic carbocycles. The molecule has 3 aromatic rings. The summed E-state index contributed by atoms with van der Waals surface area (Å²) >= 11 is 0. The molecule has 1 atom stereocenters. The number of phenolic OH excluding ortho intramolecular Hbond substituents is 1. The summed E-state index contributed by atoms with van der Waals surface area (Å²) in [5.74, 6) is 0.226. The van der Waals surface area contributed by atoms with Gasteiger partial charge in [-0.3, -0.25) is 0 Å². The number of aromatic nitrogens is 1. The standard InChI is InChI=1S/C18H18N2O/c1-2-15(19-14-8-4-3-5-9-14)16-12-11-13-7-6-10-17(21)18(13)20-16/h3-12,15,19,21H,2H2,1H3. The van der Waals surface area contributed by atoms with Gasteiger partial charge >= 0.3 is 0 Å². The average molecular weight is 278 g/mol. The fraction of sp³-hybridized carbons (Fsp3) is 0.167.